The molecular weight excluding hydrogens is 390 g/mol. The third-order valence-electron chi connectivity index (χ3n) is 3.16. The molecule has 0 amide bonds. The minimum atomic E-state index is -4.86. The van der Waals surface area contributed by atoms with Gasteiger partial charge in [-0.15, -0.1) is 5.11 Å². The summed E-state index contributed by atoms with van der Waals surface area (Å²) in [6, 6.07) is 5.70. The van der Waals surface area contributed by atoms with Crippen LogP contribution >= 0.6 is 0 Å². The predicted molar refractivity (Wildman–Crippen MR) is 88.4 cm³/mol. The molecule has 0 bridgehead atoms. The molecule has 0 aliphatic carbocycles. The molecule has 0 spiro atoms. The lowest BCUT2D eigenvalue weighted by Gasteiger charge is -2.11. The van der Waals surface area contributed by atoms with Gasteiger partial charge in [0, 0.05) is 17.8 Å². The first kappa shape index (κ1) is 19.7. The molecule has 2 rings (SSSR count). The molecule has 0 saturated heterocycles. The molecule has 13 heteroatoms. The van der Waals surface area contributed by atoms with E-state index in [4.69, 9.17) is 5.11 Å². The number of aliphatic carboxylic acids is 1. The Balaban J connectivity index is 2.75. The lowest BCUT2D eigenvalue weighted by Crippen LogP contribution is -2.19. The van der Waals surface area contributed by atoms with Gasteiger partial charge in [0.25, 0.3) is 20.2 Å². The molecule has 0 radical (unpaired) electrons. The van der Waals surface area contributed by atoms with Crippen LogP contribution in [0, 0.1) is 0 Å². The zero-order valence-corrected chi connectivity index (χ0v) is 14.8. The van der Waals surface area contributed by atoms with Crippen LogP contribution in [0.2, 0.25) is 0 Å². The summed E-state index contributed by atoms with van der Waals surface area (Å²) in [6.45, 7) is -0.509. The maximum absolute atomic E-state index is 11.8. The lowest BCUT2D eigenvalue weighted by atomic mass is 10.1. The van der Waals surface area contributed by atoms with E-state index in [0.29, 0.717) is 0 Å². The van der Waals surface area contributed by atoms with E-state index >= 15 is 0 Å². The van der Waals surface area contributed by atoms with Gasteiger partial charge >= 0.3 is 5.97 Å². The van der Waals surface area contributed by atoms with Gasteiger partial charge < -0.3 is 5.11 Å². The van der Waals surface area contributed by atoms with Crippen LogP contribution in [0.4, 0.5) is 5.69 Å². The molecule has 0 aromatic heterocycles. The van der Waals surface area contributed by atoms with Gasteiger partial charge in [-0.25, -0.2) is 0 Å². The number of nitrogens with zero attached hydrogens (tertiary/aromatic N) is 3. The Morgan fingerprint density at radius 3 is 2.23 bits per heavy atom. The maximum atomic E-state index is 11.8. The molecule has 0 aliphatic heterocycles. The van der Waals surface area contributed by atoms with E-state index in [1.54, 1.807) is 0 Å². The smallest absolute Gasteiger partial charge is 0.324 e. The second-order valence-corrected chi connectivity index (χ2v) is 7.86. The fraction of sp³-hybridized carbons (Fsp3) is 0.154. The van der Waals surface area contributed by atoms with Crippen molar-refractivity contribution in [1.82, 2.24) is 5.01 Å². The number of hydrogen-bond acceptors (Lipinski definition) is 7. The number of rotatable bonds is 6. The number of benzene rings is 2. The van der Waals surface area contributed by atoms with Gasteiger partial charge in [-0.1, -0.05) is 23.4 Å². The van der Waals surface area contributed by atoms with Crippen molar-refractivity contribution in [3.8, 4) is 0 Å². The number of carbonyl (C=O) groups is 1. The number of likely N-dealkylation sites (N-methyl/N-ethyl adjacent to an activating group) is 1. The highest BCUT2D eigenvalue weighted by atomic mass is 32.2. The summed E-state index contributed by atoms with van der Waals surface area (Å²) in [6.07, 6.45) is 0. The fourth-order valence-corrected chi connectivity index (χ4v) is 3.75. The zero-order chi connectivity index (χ0) is 19.7. The second kappa shape index (κ2) is 6.95. The first-order valence-electron chi connectivity index (χ1n) is 6.76. The quantitative estimate of drug-likeness (QED) is 0.365. The molecule has 0 fully saturated rings. The minimum absolute atomic E-state index is 0.152. The van der Waals surface area contributed by atoms with E-state index in [1.165, 1.54) is 25.2 Å². The fourth-order valence-electron chi connectivity index (χ4n) is 2.22. The van der Waals surface area contributed by atoms with Gasteiger partial charge in [0.2, 0.25) is 0 Å². The van der Waals surface area contributed by atoms with Crippen molar-refractivity contribution in [2.45, 2.75) is 9.79 Å². The van der Waals surface area contributed by atoms with Crippen molar-refractivity contribution in [2.24, 2.45) is 10.3 Å². The van der Waals surface area contributed by atoms with E-state index < -0.39 is 42.5 Å². The van der Waals surface area contributed by atoms with Crippen LogP contribution in [0.15, 0.2) is 50.5 Å². The van der Waals surface area contributed by atoms with E-state index in [1.807, 2.05) is 0 Å². The average Bonchev–Trinajstić information content (AvgIpc) is 2.48. The third-order valence-corrected chi connectivity index (χ3v) is 5.01. The van der Waals surface area contributed by atoms with Crippen LogP contribution in [-0.4, -0.2) is 55.6 Å². The first-order valence-corrected chi connectivity index (χ1v) is 9.64. The molecule has 3 N–H and O–H groups in total. The van der Waals surface area contributed by atoms with E-state index in [0.717, 1.165) is 17.1 Å². The zero-order valence-electron chi connectivity index (χ0n) is 13.1. The largest absolute Gasteiger partial charge is 0.480 e. The van der Waals surface area contributed by atoms with Crippen molar-refractivity contribution in [2.75, 3.05) is 13.6 Å². The summed E-state index contributed by atoms with van der Waals surface area (Å²) < 4.78 is 65.3. The average molecular weight is 403 g/mol. The second-order valence-electron chi connectivity index (χ2n) is 5.11. The number of carboxylic acids is 1. The summed E-state index contributed by atoms with van der Waals surface area (Å²) in [5.74, 6) is -1.20. The highest BCUT2D eigenvalue weighted by molar-refractivity contribution is 7.86. The number of fused-ring (bicyclic) bond motifs is 1. The van der Waals surface area contributed by atoms with Gasteiger partial charge in [-0.05, 0) is 12.1 Å². The maximum Gasteiger partial charge on any atom is 0.324 e. The Bertz CT molecular complexity index is 1110. The SMILES string of the molecule is CN(CC(=O)O)N=Nc1ccc2c(S(=O)(=O)O)cccc2c1S(=O)(=O)O. The molecule has 2 aromatic carbocycles. The predicted octanol–water partition coefficient (Wildman–Crippen LogP) is 1.35. The highest BCUT2D eigenvalue weighted by Crippen LogP contribution is 2.35. The molecule has 0 unspecified atom stereocenters. The molecule has 26 heavy (non-hydrogen) atoms. The number of carboxylic acid groups (broad SMARTS) is 1. The Kier molecular flexibility index (Phi) is 5.27. The van der Waals surface area contributed by atoms with E-state index in [2.05, 4.69) is 10.3 Å². The molecule has 0 aliphatic rings. The van der Waals surface area contributed by atoms with E-state index in [9.17, 15) is 30.7 Å². The van der Waals surface area contributed by atoms with Gasteiger partial charge in [-0.3, -0.25) is 18.9 Å². The van der Waals surface area contributed by atoms with Crippen LogP contribution in [0.1, 0.15) is 0 Å². The summed E-state index contributed by atoms with van der Waals surface area (Å²) in [5, 5.41) is 16.3. The molecule has 0 atom stereocenters. The molecular formula is C13H13N3O8S2. The van der Waals surface area contributed by atoms with Crippen LogP contribution < -0.4 is 0 Å². The molecule has 0 heterocycles. The van der Waals surface area contributed by atoms with Gasteiger partial charge in [0.15, 0.2) is 0 Å². The van der Waals surface area contributed by atoms with Crippen molar-refractivity contribution in [1.29, 1.82) is 0 Å². The van der Waals surface area contributed by atoms with Crippen molar-refractivity contribution in [3.05, 3.63) is 30.3 Å². The highest BCUT2D eigenvalue weighted by Gasteiger charge is 2.23. The normalized spacial score (nSPS) is 12.6. The number of hydrogen-bond donors (Lipinski definition) is 3. The Labute approximate surface area is 148 Å². The summed E-state index contributed by atoms with van der Waals surface area (Å²) in [5.41, 5.74) is -0.343. The van der Waals surface area contributed by atoms with Crippen molar-refractivity contribution < 1.29 is 35.8 Å². The Hall–Kier alpha value is -2.61. The van der Waals surface area contributed by atoms with Crippen LogP contribution in [-0.2, 0) is 25.0 Å². The summed E-state index contributed by atoms with van der Waals surface area (Å²) >= 11 is 0. The molecule has 0 saturated carbocycles. The molecule has 2 aromatic rings. The standard InChI is InChI=1S/C13H13N3O8S2/c1-16(7-12(17)18)15-14-10-6-5-8-9(13(10)26(22,23)24)3-2-4-11(8)25(19,20)21/h2-6H,7H2,1H3,(H,17,18)(H,19,20,21)(H,22,23,24). The molecule has 11 nitrogen and oxygen atoms in total. The van der Waals surface area contributed by atoms with Crippen molar-refractivity contribution in [3.63, 3.8) is 0 Å². The van der Waals surface area contributed by atoms with Gasteiger partial charge in [-0.2, -0.15) is 16.8 Å². The third kappa shape index (κ3) is 4.32. The van der Waals surface area contributed by atoms with Gasteiger partial charge in [0.1, 0.15) is 22.0 Å². The van der Waals surface area contributed by atoms with Crippen molar-refractivity contribution >= 4 is 42.7 Å². The molecule has 140 valence electrons. The Morgan fingerprint density at radius 1 is 1.04 bits per heavy atom. The monoisotopic (exact) mass is 403 g/mol. The minimum Gasteiger partial charge on any atom is -0.480 e. The van der Waals surface area contributed by atoms with Crippen LogP contribution in [0.3, 0.4) is 0 Å². The lowest BCUT2D eigenvalue weighted by molar-refractivity contribution is -0.138. The summed E-state index contributed by atoms with van der Waals surface area (Å²) in [7, 11) is -8.23. The topological polar surface area (TPSA) is 174 Å². The van der Waals surface area contributed by atoms with Gasteiger partial charge in [0.05, 0.1) is 0 Å². The van der Waals surface area contributed by atoms with E-state index in [-0.39, 0.29) is 16.5 Å². The van der Waals surface area contributed by atoms with Crippen LogP contribution in [0.5, 0.6) is 0 Å². The summed E-state index contributed by atoms with van der Waals surface area (Å²) in [4.78, 5) is 9.32. The Morgan fingerprint density at radius 2 is 1.69 bits per heavy atom. The first-order chi connectivity index (χ1) is 11.9. The van der Waals surface area contributed by atoms with Crippen LogP contribution in [0.25, 0.3) is 10.8 Å².